The number of hydrogen-bond donors (Lipinski definition) is 0. The second-order valence-electron chi connectivity index (χ2n) is 20.2. The Balaban J connectivity index is 0.878. The molecule has 0 aliphatic heterocycles. The van der Waals surface area contributed by atoms with Gasteiger partial charge in [-0.3, -0.25) is 4.57 Å². The number of aromatic nitrogens is 3. The fourth-order valence-corrected chi connectivity index (χ4v) is 21.1. The first kappa shape index (κ1) is 44.2. The molecule has 16 aromatic rings. The van der Waals surface area contributed by atoms with Crippen molar-refractivity contribution in [3.63, 3.8) is 0 Å². The summed E-state index contributed by atoms with van der Waals surface area (Å²) in [5.41, 5.74) is 11.7. The van der Waals surface area contributed by atoms with Gasteiger partial charge in [-0.05, 0) is 134 Å². The molecule has 0 aliphatic rings. The molecular formula is C71H45N3S2Si. The summed E-state index contributed by atoms with van der Waals surface area (Å²) in [4.78, 5) is 4.89. The van der Waals surface area contributed by atoms with Crippen molar-refractivity contribution in [1.29, 1.82) is 0 Å². The van der Waals surface area contributed by atoms with Gasteiger partial charge in [0, 0.05) is 79.5 Å². The second kappa shape index (κ2) is 17.4. The lowest BCUT2D eigenvalue weighted by molar-refractivity contribution is 1.14. The van der Waals surface area contributed by atoms with Gasteiger partial charge in [0.15, 0.2) is 8.07 Å². The molecule has 16 rings (SSSR count). The number of thiophene rings is 2. The number of rotatable bonds is 8. The summed E-state index contributed by atoms with van der Waals surface area (Å²) in [5.74, 6) is 0. The summed E-state index contributed by atoms with van der Waals surface area (Å²) < 4.78 is 9.99. The highest BCUT2D eigenvalue weighted by Gasteiger charge is 2.44. The molecule has 5 aromatic heterocycles. The average Bonchev–Trinajstić information content (AvgIpc) is 4.48. The van der Waals surface area contributed by atoms with Crippen LogP contribution in [0.5, 0.6) is 0 Å². The van der Waals surface area contributed by atoms with Crippen LogP contribution in [-0.4, -0.2) is 22.2 Å². The number of hydrogen-bond acceptors (Lipinski definition) is 3. The van der Waals surface area contributed by atoms with Crippen molar-refractivity contribution < 1.29 is 0 Å². The van der Waals surface area contributed by atoms with Crippen LogP contribution in [0.25, 0.3) is 118 Å². The molecule has 6 heteroatoms. The fourth-order valence-electron chi connectivity index (χ4n) is 12.7. The van der Waals surface area contributed by atoms with Gasteiger partial charge in [-0.1, -0.05) is 176 Å². The van der Waals surface area contributed by atoms with Crippen LogP contribution in [-0.2, 0) is 0 Å². The molecule has 360 valence electrons. The molecule has 0 saturated carbocycles. The lowest BCUT2D eigenvalue weighted by atomic mass is 10.0. The average molecular weight is 1030 g/mol. The molecule has 0 spiro atoms. The summed E-state index contributed by atoms with van der Waals surface area (Å²) >= 11 is 3.89. The van der Waals surface area contributed by atoms with Gasteiger partial charge in [-0.2, -0.15) is 0 Å². The van der Waals surface area contributed by atoms with Crippen LogP contribution < -0.4 is 20.7 Å². The second-order valence-corrected chi connectivity index (χ2v) is 26.0. The highest BCUT2D eigenvalue weighted by atomic mass is 32.1. The Morgan fingerprint density at radius 1 is 0.299 bits per heavy atom. The smallest absolute Gasteiger partial charge is 0.182 e. The van der Waals surface area contributed by atoms with E-state index < -0.39 is 8.07 Å². The van der Waals surface area contributed by atoms with Crippen LogP contribution >= 0.6 is 22.7 Å². The highest BCUT2D eigenvalue weighted by molar-refractivity contribution is 7.33. The maximum absolute atomic E-state index is 4.89. The van der Waals surface area contributed by atoms with E-state index in [0.29, 0.717) is 0 Å². The Morgan fingerprint density at radius 2 is 0.714 bits per heavy atom. The van der Waals surface area contributed by atoms with Crippen molar-refractivity contribution in [2.45, 2.75) is 0 Å². The number of pyridine rings is 1. The molecule has 77 heavy (non-hydrogen) atoms. The normalized spacial score (nSPS) is 12.2. The molecule has 0 atom stereocenters. The number of fused-ring (bicyclic) bond motifs is 12. The van der Waals surface area contributed by atoms with Gasteiger partial charge in [0.1, 0.15) is 5.65 Å². The molecule has 0 fully saturated rings. The van der Waals surface area contributed by atoms with E-state index in [-0.39, 0.29) is 0 Å². The third-order valence-electron chi connectivity index (χ3n) is 16.1. The van der Waals surface area contributed by atoms with Crippen molar-refractivity contribution in [2.24, 2.45) is 0 Å². The molecule has 0 bridgehead atoms. The van der Waals surface area contributed by atoms with Crippen LogP contribution in [0.15, 0.2) is 273 Å². The summed E-state index contributed by atoms with van der Waals surface area (Å²) in [6.07, 6.45) is 1.89. The summed E-state index contributed by atoms with van der Waals surface area (Å²) in [6.45, 7) is 0. The molecule has 0 amide bonds. The zero-order valence-electron chi connectivity index (χ0n) is 41.6. The van der Waals surface area contributed by atoms with Crippen molar-refractivity contribution in [1.82, 2.24) is 14.1 Å². The molecule has 0 N–H and O–H groups in total. The zero-order chi connectivity index (χ0) is 50.6. The number of benzene rings is 11. The predicted molar refractivity (Wildman–Crippen MR) is 333 cm³/mol. The third-order valence-corrected chi connectivity index (χ3v) is 23.8. The number of nitrogens with zero attached hydrogens (tertiary/aromatic N) is 3. The minimum atomic E-state index is -3.06. The molecule has 11 aromatic carbocycles. The van der Waals surface area contributed by atoms with Gasteiger partial charge in [0.2, 0.25) is 0 Å². The SMILES string of the molecule is c1ccc(-n2c3ccccc3c3cc(-c4ccc5sc6c([Si](c7ccccc7)(c7ccccc7)c7cccc8c7sc7ccc(-c9ccc%10c(c9)c9cccnc9n%10-c9ccccc9)cc78)cccc6c5c4)ccc32)cc1. The van der Waals surface area contributed by atoms with Crippen molar-refractivity contribution >= 4 is 136 Å². The Kier molecular flexibility index (Phi) is 10.0. The van der Waals surface area contributed by atoms with Gasteiger partial charge in [-0.25, -0.2) is 4.98 Å². The summed E-state index contributed by atoms with van der Waals surface area (Å²) in [7, 11) is -3.06. The monoisotopic (exact) mass is 1030 g/mol. The zero-order valence-corrected chi connectivity index (χ0v) is 44.3. The number of para-hydroxylation sites is 3. The standard InChI is InChI=1S/C71H45N3S2Si/c1-5-18-50(19-6-1)73-62-30-14-13-26-54(62)58-42-46(33-37-63(58)73)48-35-39-65-60(44-48)55-27-15-31-67(69(55)75-65)77(52-22-9-3-10-23-52,53-24-11-4-12-25-53)68-32-16-28-56-61-45-49(36-40-66(61)76-70(56)68)47-34-38-64-59(43-47)57-29-17-41-72-71(57)74(64)51-20-7-2-8-21-51/h1-45H. The largest absolute Gasteiger partial charge is 0.309 e. The highest BCUT2D eigenvalue weighted by Crippen LogP contribution is 2.42. The van der Waals surface area contributed by atoms with Crippen LogP contribution in [0.3, 0.4) is 0 Å². The van der Waals surface area contributed by atoms with Gasteiger partial charge in [-0.15, -0.1) is 22.7 Å². The van der Waals surface area contributed by atoms with E-state index in [2.05, 4.69) is 270 Å². The molecule has 0 unspecified atom stereocenters. The first-order valence-electron chi connectivity index (χ1n) is 26.3. The lowest BCUT2D eigenvalue weighted by Crippen LogP contribution is -2.74. The van der Waals surface area contributed by atoms with E-state index in [1.54, 1.807) is 0 Å². The van der Waals surface area contributed by atoms with E-state index in [4.69, 9.17) is 4.98 Å². The Bertz CT molecular complexity index is 4660. The van der Waals surface area contributed by atoms with Crippen LogP contribution in [0.1, 0.15) is 0 Å². The van der Waals surface area contributed by atoms with E-state index >= 15 is 0 Å². The van der Waals surface area contributed by atoms with E-state index in [1.165, 1.54) is 116 Å². The molecule has 0 aliphatic carbocycles. The predicted octanol–water partition coefficient (Wildman–Crippen LogP) is 16.7. The van der Waals surface area contributed by atoms with Gasteiger partial charge in [0.25, 0.3) is 0 Å². The fraction of sp³-hybridized carbons (Fsp3) is 0. The van der Waals surface area contributed by atoms with Crippen LogP contribution in [0, 0.1) is 0 Å². The summed E-state index contributed by atoms with van der Waals surface area (Å²) in [5, 5.41) is 15.7. The van der Waals surface area contributed by atoms with Crippen molar-refractivity contribution in [2.75, 3.05) is 0 Å². The van der Waals surface area contributed by atoms with E-state index in [0.717, 1.165) is 22.2 Å². The lowest BCUT2D eigenvalue weighted by Gasteiger charge is -2.35. The Hall–Kier alpha value is -9.17. The van der Waals surface area contributed by atoms with Crippen molar-refractivity contribution in [3.8, 4) is 33.6 Å². The Labute approximate surface area is 453 Å². The van der Waals surface area contributed by atoms with Gasteiger partial charge < -0.3 is 4.57 Å². The third kappa shape index (κ3) is 6.69. The van der Waals surface area contributed by atoms with Gasteiger partial charge in [0.05, 0.1) is 16.6 Å². The topological polar surface area (TPSA) is 22.8 Å². The molecule has 3 nitrogen and oxygen atoms in total. The first-order chi connectivity index (χ1) is 38.2. The van der Waals surface area contributed by atoms with Crippen LogP contribution in [0.2, 0.25) is 0 Å². The molecule has 0 saturated heterocycles. The van der Waals surface area contributed by atoms with E-state index in [9.17, 15) is 0 Å². The maximum atomic E-state index is 4.89. The minimum absolute atomic E-state index is 0.969. The first-order valence-corrected chi connectivity index (χ1v) is 29.9. The van der Waals surface area contributed by atoms with E-state index in [1.807, 2.05) is 34.9 Å². The quantitative estimate of drug-likeness (QED) is 0.110. The van der Waals surface area contributed by atoms with Crippen molar-refractivity contribution in [3.05, 3.63) is 273 Å². The van der Waals surface area contributed by atoms with Gasteiger partial charge >= 0.3 is 0 Å². The maximum Gasteiger partial charge on any atom is 0.182 e. The summed E-state index contributed by atoms with van der Waals surface area (Å²) in [6, 6.07) is 99.7. The molecule has 5 heterocycles. The minimum Gasteiger partial charge on any atom is -0.309 e. The molecule has 0 radical (unpaired) electrons. The van der Waals surface area contributed by atoms with Crippen LogP contribution in [0.4, 0.5) is 0 Å². The Morgan fingerprint density at radius 3 is 1.27 bits per heavy atom. The molecular weight excluding hydrogens is 987 g/mol.